The van der Waals surface area contributed by atoms with E-state index in [4.69, 9.17) is 9.47 Å². The van der Waals surface area contributed by atoms with Gasteiger partial charge in [-0.15, -0.1) is 0 Å². The SMILES string of the molecule is CCOC(=O)c1c(C)[nH]c(C)c1C(=O)COC(=O)c1cccc(F)c1. The van der Waals surface area contributed by atoms with Crippen molar-refractivity contribution in [3.8, 4) is 0 Å². The summed E-state index contributed by atoms with van der Waals surface area (Å²) >= 11 is 0. The Morgan fingerprint density at radius 1 is 1.04 bits per heavy atom. The van der Waals surface area contributed by atoms with E-state index in [-0.39, 0.29) is 23.3 Å². The van der Waals surface area contributed by atoms with E-state index in [0.717, 1.165) is 6.07 Å². The summed E-state index contributed by atoms with van der Waals surface area (Å²) in [4.78, 5) is 39.3. The predicted octanol–water partition coefficient (Wildman–Crippen LogP) is 2.99. The molecule has 132 valence electrons. The summed E-state index contributed by atoms with van der Waals surface area (Å²) in [7, 11) is 0. The van der Waals surface area contributed by atoms with Crippen molar-refractivity contribution in [2.24, 2.45) is 0 Å². The first kappa shape index (κ1) is 18.4. The van der Waals surface area contributed by atoms with Crippen molar-refractivity contribution in [2.45, 2.75) is 20.8 Å². The summed E-state index contributed by atoms with van der Waals surface area (Å²) in [6, 6.07) is 4.96. The molecule has 25 heavy (non-hydrogen) atoms. The minimum atomic E-state index is -0.824. The second-order valence-electron chi connectivity index (χ2n) is 5.36. The van der Waals surface area contributed by atoms with Gasteiger partial charge in [-0.05, 0) is 39.0 Å². The molecule has 0 unspecified atom stereocenters. The van der Waals surface area contributed by atoms with Crippen molar-refractivity contribution >= 4 is 17.7 Å². The summed E-state index contributed by atoms with van der Waals surface area (Å²) in [6.45, 7) is 4.55. The van der Waals surface area contributed by atoms with Crippen LogP contribution in [0.5, 0.6) is 0 Å². The Hall–Kier alpha value is -2.96. The van der Waals surface area contributed by atoms with Crippen LogP contribution in [0.4, 0.5) is 4.39 Å². The zero-order valence-electron chi connectivity index (χ0n) is 14.1. The molecule has 0 saturated heterocycles. The van der Waals surface area contributed by atoms with Crippen LogP contribution in [-0.2, 0) is 9.47 Å². The van der Waals surface area contributed by atoms with Crippen LogP contribution in [0, 0.1) is 19.7 Å². The summed E-state index contributed by atoms with van der Waals surface area (Å²) in [5.41, 5.74) is 1.23. The first-order valence-corrected chi connectivity index (χ1v) is 7.67. The minimum Gasteiger partial charge on any atom is -0.462 e. The molecule has 0 fully saturated rings. The van der Waals surface area contributed by atoms with Crippen LogP contribution in [0.25, 0.3) is 0 Å². The maximum atomic E-state index is 13.1. The fraction of sp³-hybridized carbons (Fsp3) is 0.278. The van der Waals surface area contributed by atoms with Crippen molar-refractivity contribution in [1.29, 1.82) is 0 Å². The number of halogens is 1. The second kappa shape index (κ2) is 7.74. The number of carbonyl (C=O) groups is 3. The van der Waals surface area contributed by atoms with Crippen molar-refractivity contribution in [3.63, 3.8) is 0 Å². The summed E-state index contributed by atoms with van der Waals surface area (Å²) in [5, 5.41) is 0. The van der Waals surface area contributed by atoms with Crippen molar-refractivity contribution in [2.75, 3.05) is 13.2 Å². The van der Waals surface area contributed by atoms with Crippen LogP contribution >= 0.6 is 0 Å². The predicted molar refractivity (Wildman–Crippen MR) is 87.2 cm³/mol. The molecular formula is C18H18FNO5. The third-order valence-electron chi connectivity index (χ3n) is 3.53. The number of aromatic nitrogens is 1. The molecule has 0 saturated carbocycles. The average Bonchev–Trinajstić information content (AvgIpc) is 2.86. The van der Waals surface area contributed by atoms with Crippen molar-refractivity contribution in [3.05, 3.63) is 58.2 Å². The number of ketones is 1. The molecule has 0 spiro atoms. The van der Waals surface area contributed by atoms with E-state index < -0.39 is 30.1 Å². The van der Waals surface area contributed by atoms with Gasteiger partial charge in [0.25, 0.3) is 0 Å². The number of nitrogens with one attached hydrogen (secondary N) is 1. The van der Waals surface area contributed by atoms with Gasteiger partial charge in [-0.3, -0.25) is 4.79 Å². The molecule has 2 aromatic rings. The zero-order valence-corrected chi connectivity index (χ0v) is 14.1. The van der Waals surface area contributed by atoms with Crippen LogP contribution in [-0.4, -0.2) is 35.9 Å². The molecule has 2 rings (SSSR count). The number of aryl methyl sites for hydroxylation is 2. The smallest absolute Gasteiger partial charge is 0.340 e. The number of esters is 2. The van der Waals surface area contributed by atoms with Crippen LogP contribution in [0.3, 0.4) is 0 Å². The van der Waals surface area contributed by atoms with Gasteiger partial charge < -0.3 is 14.5 Å². The van der Waals surface area contributed by atoms with Crippen molar-refractivity contribution < 1.29 is 28.2 Å². The number of H-pyrrole nitrogens is 1. The van der Waals surface area contributed by atoms with E-state index in [9.17, 15) is 18.8 Å². The maximum absolute atomic E-state index is 13.1. The fourth-order valence-electron chi connectivity index (χ4n) is 2.49. The molecule has 0 amide bonds. The first-order valence-electron chi connectivity index (χ1n) is 7.67. The van der Waals surface area contributed by atoms with Gasteiger partial charge in [0, 0.05) is 11.4 Å². The number of aromatic amines is 1. The standard InChI is InChI=1S/C18H18FNO5/c1-4-24-18(23)16-11(3)20-10(2)15(16)14(21)9-25-17(22)12-6-5-7-13(19)8-12/h5-8,20H,4,9H2,1-3H3. The molecule has 7 heteroatoms. The van der Waals surface area contributed by atoms with Crippen molar-refractivity contribution in [1.82, 2.24) is 4.98 Å². The molecule has 6 nitrogen and oxygen atoms in total. The van der Waals surface area contributed by atoms with Gasteiger partial charge in [0.15, 0.2) is 6.61 Å². The van der Waals surface area contributed by atoms with E-state index in [2.05, 4.69) is 4.98 Å². The quantitative estimate of drug-likeness (QED) is 0.641. The van der Waals surface area contributed by atoms with Gasteiger partial charge in [0.05, 0.1) is 23.3 Å². The number of benzene rings is 1. The number of hydrogen-bond donors (Lipinski definition) is 1. The first-order chi connectivity index (χ1) is 11.8. The molecule has 0 radical (unpaired) electrons. The van der Waals surface area contributed by atoms with E-state index >= 15 is 0 Å². The third-order valence-corrected chi connectivity index (χ3v) is 3.53. The van der Waals surface area contributed by atoms with Gasteiger partial charge >= 0.3 is 11.9 Å². The maximum Gasteiger partial charge on any atom is 0.340 e. The number of rotatable bonds is 6. The highest BCUT2D eigenvalue weighted by molar-refractivity contribution is 6.09. The minimum absolute atomic E-state index is 0.000359. The molecule has 0 aliphatic rings. The Labute approximate surface area is 143 Å². The summed E-state index contributed by atoms with van der Waals surface area (Å²) in [6.07, 6.45) is 0. The van der Waals surface area contributed by atoms with E-state index in [1.54, 1.807) is 20.8 Å². The van der Waals surface area contributed by atoms with E-state index in [1.165, 1.54) is 18.2 Å². The highest BCUT2D eigenvalue weighted by Gasteiger charge is 2.26. The lowest BCUT2D eigenvalue weighted by atomic mass is 10.1. The molecule has 0 aliphatic heterocycles. The molecule has 1 N–H and O–H groups in total. The van der Waals surface area contributed by atoms with Crippen LogP contribution in [0.15, 0.2) is 24.3 Å². The lowest BCUT2D eigenvalue weighted by Crippen LogP contribution is -2.18. The molecule has 1 aromatic carbocycles. The lowest BCUT2D eigenvalue weighted by Gasteiger charge is -2.07. The second-order valence-corrected chi connectivity index (χ2v) is 5.36. The Kier molecular flexibility index (Phi) is 5.69. The highest BCUT2D eigenvalue weighted by atomic mass is 19.1. The Balaban J connectivity index is 2.16. The monoisotopic (exact) mass is 347 g/mol. The zero-order chi connectivity index (χ0) is 18.6. The fourth-order valence-corrected chi connectivity index (χ4v) is 2.49. The van der Waals surface area contributed by atoms with Crippen LogP contribution in [0.1, 0.15) is 49.4 Å². The summed E-state index contributed by atoms with van der Waals surface area (Å²) in [5.74, 6) is -2.57. The normalized spacial score (nSPS) is 10.4. The third kappa shape index (κ3) is 4.12. The molecule has 0 bridgehead atoms. The molecule has 0 atom stereocenters. The molecule has 0 aliphatic carbocycles. The molecular weight excluding hydrogens is 329 g/mol. The van der Waals surface area contributed by atoms with Gasteiger partial charge in [-0.1, -0.05) is 6.07 Å². The van der Waals surface area contributed by atoms with Crippen LogP contribution in [0.2, 0.25) is 0 Å². The number of Topliss-reactive ketones (excluding diaryl/α,β-unsaturated/α-hetero) is 1. The Morgan fingerprint density at radius 3 is 2.36 bits per heavy atom. The van der Waals surface area contributed by atoms with E-state index in [1.807, 2.05) is 0 Å². The number of ether oxygens (including phenoxy) is 2. The highest BCUT2D eigenvalue weighted by Crippen LogP contribution is 2.20. The molecule has 1 heterocycles. The topological polar surface area (TPSA) is 85.5 Å². The Bertz CT molecular complexity index is 825. The number of carbonyl (C=O) groups excluding carboxylic acids is 3. The average molecular weight is 347 g/mol. The van der Waals surface area contributed by atoms with Gasteiger partial charge in [-0.25, -0.2) is 14.0 Å². The van der Waals surface area contributed by atoms with Gasteiger partial charge in [0.1, 0.15) is 5.82 Å². The van der Waals surface area contributed by atoms with Gasteiger partial charge in [0.2, 0.25) is 5.78 Å². The van der Waals surface area contributed by atoms with Crippen LogP contribution < -0.4 is 0 Å². The lowest BCUT2D eigenvalue weighted by molar-refractivity contribution is 0.0471. The summed E-state index contributed by atoms with van der Waals surface area (Å²) < 4.78 is 23.0. The molecule has 1 aromatic heterocycles. The largest absolute Gasteiger partial charge is 0.462 e. The van der Waals surface area contributed by atoms with Gasteiger partial charge in [-0.2, -0.15) is 0 Å². The Morgan fingerprint density at radius 2 is 1.72 bits per heavy atom. The van der Waals surface area contributed by atoms with E-state index in [0.29, 0.717) is 11.4 Å². The number of hydrogen-bond acceptors (Lipinski definition) is 5.